The van der Waals surface area contributed by atoms with Crippen molar-refractivity contribution >= 4 is 22.4 Å². The molecule has 0 unspecified atom stereocenters. The van der Waals surface area contributed by atoms with Crippen LogP contribution in [0.3, 0.4) is 0 Å². The SMILES string of the molecule is COc1cc(/C=c2/sc3nnc(-c4ccccc4)n3c2=O)cc(OC)c1OC. The molecule has 0 fully saturated rings. The number of aromatic nitrogens is 3. The Morgan fingerprint density at radius 3 is 2.25 bits per heavy atom. The van der Waals surface area contributed by atoms with Gasteiger partial charge < -0.3 is 14.2 Å². The molecule has 142 valence electrons. The van der Waals surface area contributed by atoms with Gasteiger partial charge in [-0.05, 0) is 23.8 Å². The number of ether oxygens (including phenoxy) is 3. The highest BCUT2D eigenvalue weighted by Gasteiger charge is 2.15. The number of fused-ring (bicyclic) bond motifs is 1. The van der Waals surface area contributed by atoms with Crippen LogP contribution in [0.2, 0.25) is 0 Å². The van der Waals surface area contributed by atoms with E-state index in [2.05, 4.69) is 10.2 Å². The minimum atomic E-state index is -0.169. The van der Waals surface area contributed by atoms with Gasteiger partial charge in [0.2, 0.25) is 10.7 Å². The maximum Gasteiger partial charge on any atom is 0.276 e. The average Bonchev–Trinajstić information content (AvgIpc) is 3.28. The molecule has 8 heteroatoms. The van der Waals surface area contributed by atoms with E-state index in [0.29, 0.717) is 32.6 Å². The van der Waals surface area contributed by atoms with Crippen LogP contribution in [0.4, 0.5) is 0 Å². The first-order valence-electron chi connectivity index (χ1n) is 8.41. The number of rotatable bonds is 5. The van der Waals surface area contributed by atoms with E-state index in [0.717, 1.165) is 11.1 Å². The van der Waals surface area contributed by atoms with Gasteiger partial charge in [-0.25, -0.2) is 4.40 Å². The second-order valence-corrected chi connectivity index (χ2v) is 6.89. The van der Waals surface area contributed by atoms with Crippen molar-refractivity contribution in [2.24, 2.45) is 0 Å². The largest absolute Gasteiger partial charge is 0.493 e. The minimum Gasteiger partial charge on any atom is -0.493 e. The fourth-order valence-corrected chi connectivity index (χ4v) is 3.89. The standard InChI is InChI=1S/C20H17N3O4S/c1-25-14-9-12(10-15(26-2)17(14)27-3)11-16-19(24)23-18(21-22-20(23)28-16)13-7-5-4-6-8-13/h4-11H,1-3H3/b16-11+. The second-order valence-electron chi connectivity index (χ2n) is 5.88. The fourth-order valence-electron chi connectivity index (χ4n) is 2.97. The van der Waals surface area contributed by atoms with Crippen LogP contribution in [0, 0.1) is 0 Å². The third-order valence-corrected chi connectivity index (χ3v) is 5.22. The summed E-state index contributed by atoms with van der Waals surface area (Å²) in [7, 11) is 4.65. The smallest absolute Gasteiger partial charge is 0.276 e. The molecular formula is C20H17N3O4S. The van der Waals surface area contributed by atoms with Gasteiger partial charge in [0, 0.05) is 5.56 Å². The number of nitrogens with zero attached hydrogens (tertiary/aromatic N) is 3. The molecule has 4 rings (SSSR count). The van der Waals surface area contributed by atoms with Gasteiger partial charge in [0.1, 0.15) is 0 Å². The van der Waals surface area contributed by atoms with E-state index in [1.54, 1.807) is 39.5 Å². The van der Waals surface area contributed by atoms with Gasteiger partial charge in [-0.1, -0.05) is 41.7 Å². The molecule has 0 N–H and O–H groups in total. The predicted octanol–water partition coefficient (Wildman–Crippen LogP) is 2.39. The van der Waals surface area contributed by atoms with Crippen molar-refractivity contribution in [2.75, 3.05) is 21.3 Å². The van der Waals surface area contributed by atoms with Crippen molar-refractivity contribution in [1.29, 1.82) is 0 Å². The van der Waals surface area contributed by atoms with E-state index < -0.39 is 0 Å². The highest BCUT2D eigenvalue weighted by Crippen LogP contribution is 2.38. The number of methoxy groups -OCH3 is 3. The molecule has 7 nitrogen and oxygen atoms in total. The molecule has 0 saturated carbocycles. The average molecular weight is 395 g/mol. The third-order valence-electron chi connectivity index (χ3n) is 4.27. The van der Waals surface area contributed by atoms with Crippen molar-refractivity contribution < 1.29 is 14.2 Å². The molecule has 4 aromatic rings. The summed E-state index contributed by atoms with van der Waals surface area (Å²) in [4.78, 5) is 13.5. The van der Waals surface area contributed by atoms with Gasteiger partial charge in [0.15, 0.2) is 17.3 Å². The molecule has 0 aliphatic rings. The first kappa shape index (κ1) is 18.0. The van der Waals surface area contributed by atoms with Gasteiger partial charge in [0.25, 0.3) is 5.56 Å². The summed E-state index contributed by atoms with van der Waals surface area (Å²) in [6.45, 7) is 0. The van der Waals surface area contributed by atoms with Crippen LogP contribution in [0.5, 0.6) is 17.2 Å². The van der Waals surface area contributed by atoms with Crippen molar-refractivity contribution in [1.82, 2.24) is 14.6 Å². The van der Waals surface area contributed by atoms with Gasteiger partial charge in [0.05, 0.1) is 25.9 Å². The molecule has 2 aromatic carbocycles. The minimum absolute atomic E-state index is 0.169. The lowest BCUT2D eigenvalue weighted by Gasteiger charge is -2.12. The first-order valence-corrected chi connectivity index (χ1v) is 9.23. The summed E-state index contributed by atoms with van der Waals surface area (Å²) in [6, 6.07) is 13.1. The van der Waals surface area contributed by atoms with E-state index in [9.17, 15) is 4.79 Å². The Hall–Kier alpha value is -3.39. The number of hydrogen-bond acceptors (Lipinski definition) is 7. The van der Waals surface area contributed by atoms with E-state index in [1.807, 2.05) is 30.3 Å². The maximum absolute atomic E-state index is 13.0. The first-order chi connectivity index (χ1) is 13.7. The molecule has 0 amide bonds. The molecule has 0 aliphatic carbocycles. The highest BCUT2D eigenvalue weighted by molar-refractivity contribution is 7.15. The van der Waals surface area contributed by atoms with Crippen LogP contribution < -0.4 is 24.3 Å². The molecule has 0 atom stereocenters. The topological polar surface area (TPSA) is 75.0 Å². The lowest BCUT2D eigenvalue weighted by molar-refractivity contribution is 0.324. The normalized spacial score (nSPS) is 11.8. The number of benzene rings is 2. The van der Waals surface area contributed by atoms with Gasteiger partial charge in [-0.2, -0.15) is 0 Å². The zero-order valence-corrected chi connectivity index (χ0v) is 16.3. The third kappa shape index (κ3) is 2.97. The second kappa shape index (κ2) is 7.32. The Kier molecular flexibility index (Phi) is 4.70. The Morgan fingerprint density at radius 2 is 1.64 bits per heavy atom. The van der Waals surface area contributed by atoms with Gasteiger partial charge in [-0.3, -0.25) is 4.79 Å². The van der Waals surface area contributed by atoms with Crippen LogP contribution in [-0.4, -0.2) is 35.9 Å². The van der Waals surface area contributed by atoms with Gasteiger partial charge >= 0.3 is 0 Å². The molecular weight excluding hydrogens is 378 g/mol. The van der Waals surface area contributed by atoms with E-state index in [1.165, 1.54) is 15.7 Å². The maximum atomic E-state index is 13.0. The van der Waals surface area contributed by atoms with Crippen molar-refractivity contribution in [3.05, 3.63) is 62.9 Å². The predicted molar refractivity (Wildman–Crippen MR) is 107 cm³/mol. The number of thiazole rings is 1. The lowest BCUT2D eigenvalue weighted by atomic mass is 10.1. The molecule has 2 aromatic heterocycles. The molecule has 0 bridgehead atoms. The Bertz CT molecular complexity index is 1220. The molecule has 28 heavy (non-hydrogen) atoms. The van der Waals surface area contributed by atoms with Crippen molar-refractivity contribution in [2.45, 2.75) is 0 Å². The van der Waals surface area contributed by atoms with Crippen LogP contribution in [-0.2, 0) is 0 Å². The summed E-state index contributed by atoms with van der Waals surface area (Å²) in [5, 5.41) is 8.32. The Labute approximate surface area is 164 Å². The van der Waals surface area contributed by atoms with Crippen LogP contribution >= 0.6 is 11.3 Å². The quantitative estimate of drug-likeness (QED) is 0.517. The van der Waals surface area contributed by atoms with Crippen molar-refractivity contribution in [3.63, 3.8) is 0 Å². The van der Waals surface area contributed by atoms with E-state index in [-0.39, 0.29) is 5.56 Å². The summed E-state index contributed by atoms with van der Waals surface area (Å²) in [6.07, 6.45) is 1.78. The summed E-state index contributed by atoms with van der Waals surface area (Å²) >= 11 is 1.28. The van der Waals surface area contributed by atoms with E-state index in [4.69, 9.17) is 14.2 Å². The summed E-state index contributed by atoms with van der Waals surface area (Å²) in [5.41, 5.74) is 1.42. The fraction of sp³-hybridized carbons (Fsp3) is 0.150. The van der Waals surface area contributed by atoms with E-state index >= 15 is 0 Å². The molecule has 0 radical (unpaired) electrons. The highest BCUT2D eigenvalue weighted by atomic mass is 32.1. The zero-order valence-electron chi connectivity index (χ0n) is 15.5. The van der Waals surface area contributed by atoms with Crippen LogP contribution in [0.1, 0.15) is 5.56 Å². The summed E-state index contributed by atoms with van der Waals surface area (Å²) in [5.74, 6) is 2.07. The zero-order chi connectivity index (χ0) is 19.7. The molecule has 0 spiro atoms. The number of hydrogen-bond donors (Lipinski definition) is 0. The van der Waals surface area contributed by atoms with Gasteiger partial charge in [-0.15, -0.1) is 10.2 Å². The Balaban J connectivity index is 1.89. The molecule has 0 saturated heterocycles. The van der Waals surface area contributed by atoms with Crippen molar-refractivity contribution in [3.8, 4) is 28.6 Å². The molecule has 0 aliphatic heterocycles. The Morgan fingerprint density at radius 1 is 0.964 bits per heavy atom. The lowest BCUT2D eigenvalue weighted by Crippen LogP contribution is -2.23. The monoisotopic (exact) mass is 395 g/mol. The van der Waals surface area contributed by atoms with Crippen LogP contribution in [0.25, 0.3) is 22.4 Å². The summed E-state index contributed by atoms with van der Waals surface area (Å²) < 4.78 is 18.2. The van der Waals surface area contributed by atoms with Crippen LogP contribution in [0.15, 0.2) is 47.3 Å². The molecule has 2 heterocycles.